The first-order chi connectivity index (χ1) is 9.62. The molecule has 0 saturated carbocycles. The van der Waals surface area contributed by atoms with Crippen LogP contribution in [0.5, 0.6) is 0 Å². The Balaban J connectivity index is 1.95. The zero-order valence-electron chi connectivity index (χ0n) is 11.7. The molecule has 0 radical (unpaired) electrons. The molecule has 0 atom stereocenters. The Morgan fingerprint density at radius 1 is 1.10 bits per heavy atom. The van der Waals surface area contributed by atoms with Gasteiger partial charge in [0.05, 0.1) is 5.69 Å². The number of allylic oxidation sites excluding steroid dienone is 1. The normalized spacial score (nSPS) is 17.6. The summed E-state index contributed by atoms with van der Waals surface area (Å²) in [6, 6.07) is 12.6. The first kappa shape index (κ1) is 13.7. The Labute approximate surface area is 128 Å². The van der Waals surface area contributed by atoms with E-state index in [9.17, 15) is 0 Å². The topological polar surface area (TPSA) is 12.4 Å². The molecule has 1 aromatic carbocycles. The van der Waals surface area contributed by atoms with Crippen LogP contribution >= 0.6 is 23.1 Å². The van der Waals surface area contributed by atoms with Gasteiger partial charge in [-0.2, -0.15) is 0 Å². The molecule has 0 amide bonds. The van der Waals surface area contributed by atoms with Crippen LogP contribution in [0, 0.1) is 0 Å². The minimum absolute atomic E-state index is 0.172. The number of nitrogens with zero attached hydrogens (tertiary/aromatic N) is 1. The van der Waals surface area contributed by atoms with E-state index in [0.717, 1.165) is 17.8 Å². The van der Waals surface area contributed by atoms with Gasteiger partial charge >= 0.3 is 0 Å². The fraction of sp³-hybridized carbons (Fsp3) is 0.235. The van der Waals surface area contributed by atoms with Gasteiger partial charge in [0.15, 0.2) is 0 Å². The van der Waals surface area contributed by atoms with Crippen LogP contribution < -0.4 is 0 Å². The molecule has 20 heavy (non-hydrogen) atoms. The summed E-state index contributed by atoms with van der Waals surface area (Å²) in [5.41, 5.74) is 2.25. The lowest BCUT2D eigenvalue weighted by Gasteiger charge is -2.21. The van der Waals surface area contributed by atoms with Crippen LogP contribution in [-0.4, -0.2) is 10.5 Å². The number of thioether (sulfide) groups is 1. The number of benzene rings is 1. The third kappa shape index (κ3) is 3.22. The van der Waals surface area contributed by atoms with Gasteiger partial charge < -0.3 is 0 Å². The lowest BCUT2D eigenvalue weighted by atomic mass is 10.0. The van der Waals surface area contributed by atoms with Crippen molar-refractivity contribution in [1.29, 1.82) is 0 Å². The summed E-state index contributed by atoms with van der Waals surface area (Å²) in [4.78, 5) is 7.40. The highest BCUT2D eigenvalue weighted by molar-refractivity contribution is 8.00. The SMILES string of the molecule is CC1(C)CC(C=Cc2cccs2)=Nc2ccccc2S1. The Hall–Kier alpha value is -1.32. The molecule has 2 aromatic rings. The van der Waals surface area contributed by atoms with Crippen molar-refractivity contribution >= 4 is 40.6 Å². The van der Waals surface area contributed by atoms with Crippen molar-refractivity contribution in [2.45, 2.75) is 29.9 Å². The number of hydrogen-bond acceptors (Lipinski definition) is 3. The third-order valence-corrected chi connectivity index (χ3v) is 5.21. The Kier molecular flexibility index (Phi) is 3.81. The van der Waals surface area contributed by atoms with Crippen LogP contribution in [0.15, 0.2) is 57.7 Å². The van der Waals surface area contributed by atoms with Gasteiger partial charge in [-0.05, 0) is 49.6 Å². The Morgan fingerprint density at radius 3 is 2.75 bits per heavy atom. The molecular formula is C17H17NS2. The monoisotopic (exact) mass is 299 g/mol. The van der Waals surface area contributed by atoms with Gasteiger partial charge in [0.2, 0.25) is 0 Å². The molecule has 0 bridgehead atoms. The lowest BCUT2D eigenvalue weighted by molar-refractivity contribution is 0.752. The molecule has 0 aliphatic carbocycles. The molecule has 102 valence electrons. The second-order valence-electron chi connectivity index (χ2n) is 5.46. The minimum Gasteiger partial charge on any atom is -0.252 e. The Bertz CT molecular complexity index is 651. The molecule has 0 saturated heterocycles. The number of para-hydroxylation sites is 1. The average Bonchev–Trinajstić information content (AvgIpc) is 2.86. The first-order valence-corrected chi connectivity index (χ1v) is 8.39. The summed E-state index contributed by atoms with van der Waals surface area (Å²) in [6.45, 7) is 4.57. The maximum absolute atomic E-state index is 4.85. The van der Waals surface area contributed by atoms with Gasteiger partial charge in [0.1, 0.15) is 0 Å². The second-order valence-corrected chi connectivity index (χ2v) is 8.19. The van der Waals surface area contributed by atoms with Crippen LogP contribution in [0.1, 0.15) is 25.1 Å². The predicted octanol–water partition coefficient (Wildman–Crippen LogP) is 5.81. The largest absolute Gasteiger partial charge is 0.252 e. The number of hydrogen-bond donors (Lipinski definition) is 0. The molecule has 1 aliphatic heterocycles. The van der Waals surface area contributed by atoms with Gasteiger partial charge in [-0.3, -0.25) is 4.99 Å². The molecule has 0 fully saturated rings. The maximum Gasteiger partial charge on any atom is 0.0768 e. The summed E-state index contributed by atoms with van der Waals surface area (Å²) in [5.74, 6) is 0. The van der Waals surface area contributed by atoms with Crippen LogP contribution in [0.4, 0.5) is 5.69 Å². The zero-order valence-corrected chi connectivity index (χ0v) is 13.3. The molecule has 0 unspecified atom stereocenters. The van der Waals surface area contributed by atoms with Gasteiger partial charge in [0.25, 0.3) is 0 Å². The molecule has 3 heteroatoms. The zero-order chi connectivity index (χ0) is 14.0. The molecule has 0 N–H and O–H groups in total. The number of fused-ring (bicyclic) bond motifs is 1. The molecular weight excluding hydrogens is 282 g/mol. The fourth-order valence-electron chi connectivity index (χ4n) is 2.26. The van der Waals surface area contributed by atoms with E-state index in [1.807, 2.05) is 11.8 Å². The van der Waals surface area contributed by atoms with E-state index in [-0.39, 0.29) is 4.75 Å². The van der Waals surface area contributed by atoms with Gasteiger partial charge in [-0.15, -0.1) is 23.1 Å². The summed E-state index contributed by atoms with van der Waals surface area (Å²) >= 11 is 3.67. The van der Waals surface area contributed by atoms with Gasteiger partial charge in [-0.25, -0.2) is 0 Å². The van der Waals surface area contributed by atoms with Gasteiger partial charge in [-0.1, -0.05) is 18.2 Å². The lowest BCUT2D eigenvalue weighted by Crippen LogP contribution is -2.17. The number of rotatable bonds is 2. The second kappa shape index (κ2) is 5.58. The molecule has 3 rings (SSSR count). The molecule has 1 aromatic heterocycles. The van der Waals surface area contributed by atoms with E-state index in [1.165, 1.54) is 9.77 Å². The highest BCUT2D eigenvalue weighted by atomic mass is 32.2. The molecule has 0 spiro atoms. The van der Waals surface area contributed by atoms with Crippen LogP contribution in [-0.2, 0) is 0 Å². The van der Waals surface area contributed by atoms with E-state index in [0.29, 0.717) is 0 Å². The molecule has 1 nitrogen and oxygen atoms in total. The maximum atomic E-state index is 4.85. The summed E-state index contributed by atoms with van der Waals surface area (Å²) in [5, 5.41) is 2.10. The van der Waals surface area contributed by atoms with Crippen molar-refractivity contribution in [1.82, 2.24) is 0 Å². The average molecular weight is 299 g/mol. The third-order valence-electron chi connectivity index (χ3n) is 3.11. The summed E-state index contributed by atoms with van der Waals surface area (Å²) < 4.78 is 0.172. The van der Waals surface area contributed by atoms with Crippen molar-refractivity contribution in [3.63, 3.8) is 0 Å². The minimum atomic E-state index is 0.172. The number of aliphatic imine (C=N–C) groups is 1. The van der Waals surface area contributed by atoms with E-state index in [2.05, 4.69) is 67.8 Å². The van der Waals surface area contributed by atoms with Crippen molar-refractivity contribution in [2.75, 3.05) is 0 Å². The highest BCUT2D eigenvalue weighted by Crippen LogP contribution is 2.43. The highest BCUT2D eigenvalue weighted by Gasteiger charge is 2.25. The first-order valence-electron chi connectivity index (χ1n) is 6.70. The molecule has 1 aliphatic rings. The van der Waals surface area contributed by atoms with Crippen molar-refractivity contribution in [3.8, 4) is 0 Å². The number of thiophene rings is 1. The van der Waals surface area contributed by atoms with Crippen LogP contribution in [0.3, 0.4) is 0 Å². The quantitative estimate of drug-likeness (QED) is 0.681. The Morgan fingerprint density at radius 2 is 1.95 bits per heavy atom. The van der Waals surface area contributed by atoms with E-state index in [4.69, 9.17) is 4.99 Å². The molecule has 2 heterocycles. The summed E-state index contributed by atoms with van der Waals surface area (Å²) in [7, 11) is 0. The van der Waals surface area contributed by atoms with Crippen molar-refractivity contribution < 1.29 is 0 Å². The van der Waals surface area contributed by atoms with E-state index in [1.54, 1.807) is 11.3 Å². The van der Waals surface area contributed by atoms with Crippen LogP contribution in [0.25, 0.3) is 6.08 Å². The summed E-state index contributed by atoms with van der Waals surface area (Å²) in [6.07, 6.45) is 5.31. The van der Waals surface area contributed by atoms with Crippen LogP contribution in [0.2, 0.25) is 0 Å². The van der Waals surface area contributed by atoms with Gasteiger partial charge in [0, 0.05) is 26.7 Å². The van der Waals surface area contributed by atoms with E-state index < -0.39 is 0 Å². The van der Waals surface area contributed by atoms with Crippen molar-refractivity contribution in [3.05, 3.63) is 52.7 Å². The van der Waals surface area contributed by atoms with E-state index >= 15 is 0 Å². The smallest absolute Gasteiger partial charge is 0.0768 e. The standard InChI is InChI=1S/C17H17NS2/c1-17(2)12-13(9-10-14-6-5-11-19-14)18-15-7-3-4-8-16(15)20-17/h3-11H,12H2,1-2H3. The predicted molar refractivity (Wildman–Crippen MR) is 91.4 cm³/mol. The van der Waals surface area contributed by atoms with Crippen molar-refractivity contribution in [2.24, 2.45) is 4.99 Å². The fourth-order valence-corrected chi connectivity index (χ4v) is 4.06.